The molecular weight excluding hydrogens is 447 g/mol. The van der Waals surface area contributed by atoms with Crippen LogP contribution in [0.1, 0.15) is 20.7 Å². The Morgan fingerprint density at radius 2 is 1.55 bits per heavy atom. The van der Waals surface area contributed by atoms with E-state index in [2.05, 4.69) is 14.8 Å². The summed E-state index contributed by atoms with van der Waals surface area (Å²) in [6.07, 6.45) is 0. The molecular formula is C21H16ClFN2O5S. The number of hydrogen-bond acceptors (Lipinski definition) is 5. The van der Waals surface area contributed by atoms with Gasteiger partial charge in [-0.05, 0) is 66.7 Å². The second-order valence-electron chi connectivity index (χ2n) is 6.28. The van der Waals surface area contributed by atoms with E-state index >= 15 is 0 Å². The molecule has 0 unspecified atom stereocenters. The summed E-state index contributed by atoms with van der Waals surface area (Å²) in [6, 6.07) is 14.4. The monoisotopic (exact) mass is 462 g/mol. The fourth-order valence-electron chi connectivity index (χ4n) is 2.57. The largest absolute Gasteiger partial charge is 0.465 e. The van der Waals surface area contributed by atoms with Gasteiger partial charge in [0.1, 0.15) is 5.82 Å². The Hall–Kier alpha value is -3.43. The topological polar surface area (TPSA) is 102 Å². The first-order chi connectivity index (χ1) is 14.7. The Kier molecular flexibility index (Phi) is 6.57. The van der Waals surface area contributed by atoms with Crippen molar-refractivity contribution in [2.75, 3.05) is 17.1 Å². The Morgan fingerprint density at radius 3 is 2.16 bits per heavy atom. The number of carbonyl (C=O) groups excluding carboxylic acids is 2. The van der Waals surface area contributed by atoms with Crippen LogP contribution in [-0.4, -0.2) is 27.4 Å². The molecule has 2 N–H and O–H groups in total. The number of hydrogen-bond donors (Lipinski definition) is 2. The van der Waals surface area contributed by atoms with Crippen LogP contribution in [0.25, 0.3) is 0 Å². The third-order valence-corrected chi connectivity index (χ3v) is 5.87. The highest BCUT2D eigenvalue weighted by atomic mass is 35.5. The first-order valence-electron chi connectivity index (χ1n) is 8.77. The molecule has 0 aliphatic heterocycles. The van der Waals surface area contributed by atoms with Gasteiger partial charge in [0.2, 0.25) is 0 Å². The van der Waals surface area contributed by atoms with E-state index in [0.717, 1.165) is 24.3 Å². The van der Waals surface area contributed by atoms with Crippen LogP contribution in [0, 0.1) is 5.82 Å². The van der Waals surface area contributed by atoms with E-state index in [0.29, 0.717) is 11.3 Å². The van der Waals surface area contributed by atoms with E-state index < -0.39 is 27.7 Å². The number of sulfonamides is 1. The summed E-state index contributed by atoms with van der Waals surface area (Å²) in [4.78, 5) is 23.9. The standard InChI is InChI=1S/C21H16ClFN2O5S/c1-30-21(27)13-2-7-16(8-3-13)24-20(26)14-4-11-18(22)19(12-14)25-31(28,29)17-9-5-15(23)6-10-17/h2-12,25H,1H3,(H,24,26). The van der Waals surface area contributed by atoms with E-state index in [-0.39, 0.29) is 21.2 Å². The van der Waals surface area contributed by atoms with Crippen molar-refractivity contribution in [1.82, 2.24) is 0 Å². The summed E-state index contributed by atoms with van der Waals surface area (Å²) in [6.45, 7) is 0. The number of halogens is 2. The zero-order valence-electron chi connectivity index (χ0n) is 16.1. The predicted octanol–water partition coefficient (Wildman–Crippen LogP) is 4.32. The summed E-state index contributed by atoms with van der Waals surface area (Å²) < 4.78 is 45.0. The van der Waals surface area contributed by atoms with Crippen molar-refractivity contribution in [1.29, 1.82) is 0 Å². The predicted molar refractivity (Wildman–Crippen MR) is 114 cm³/mol. The zero-order chi connectivity index (χ0) is 22.6. The van der Waals surface area contributed by atoms with Crippen LogP contribution in [0.5, 0.6) is 0 Å². The Labute approximate surface area is 182 Å². The number of benzene rings is 3. The third kappa shape index (κ3) is 5.39. The molecule has 0 saturated carbocycles. The molecule has 0 aromatic heterocycles. The molecule has 0 aliphatic rings. The molecule has 10 heteroatoms. The number of methoxy groups -OCH3 is 1. The van der Waals surface area contributed by atoms with Gasteiger partial charge in [0.05, 0.1) is 28.3 Å². The minimum absolute atomic E-state index is 0.0142. The first kappa shape index (κ1) is 22.3. The van der Waals surface area contributed by atoms with Crippen LogP contribution in [0.3, 0.4) is 0 Å². The number of nitrogens with one attached hydrogen (secondary N) is 2. The van der Waals surface area contributed by atoms with E-state index in [1.807, 2.05) is 0 Å². The summed E-state index contributed by atoms with van der Waals surface area (Å²) in [5, 5.41) is 2.71. The van der Waals surface area contributed by atoms with Gasteiger partial charge in [-0.1, -0.05) is 11.6 Å². The van der Waals surface area contributed by atoms with E-state index in [1.54, 1.807) is 0 Å². The molecule has 160 valence electrons. The molecule has 0 saturated heterocycles. The van der Waals surface area contributed by atoms with Crippen molar-refractivity contribution in [2.24, 2.45) is 0 Å². The molecule has 0 spiro atoms. The highest BCUT2D eigenvalue weighted by Gasteiger charge is 2.18. The molecule has 0 fully saturated rings. The van der Waals surface area contributed by atoms with Crippen LogP contribution in [0.2, 0.25) is 5.02 Å². The Bertz CT molecular complexity index is 1230. The van der Waals surface area contributed by atoms with Crippen molar-refractivity contribution in [3.05, 3.63) is 88.7 Å². The van der Waals surface area contributed by atoms with E-state index in [1.165, 1.54) is 49.6 Å². The van der Waals surface area contributed by atoms with Gasteiger partial charge in [0.15, 0.2) is 0 Å². The molecule has 3 rings (SSSR count). The van der Waals surface area contributed by atoms with Crippen LogP contribution in [0.15, 0.2) is 71.6 Å². The maximum absolute atomic E-state index is 13.1. The quantitative estimate of drug-likeness (QED) is 0.531. The van der Waals surface area contributed by atoms with E-state index in [9.17, 15) is 22.4 Å². The average Bonchev–Trinajstić information content (AvgIpc) is 2.75. The lowest BCUT2D eigenvalue weighted by Crippen LogP contribution is -2.15. The number of ether oxygens (including phenoxy) is 1. The van der Waals surface area contributed by atoms with Gasteiger partial charge in [-0.3, -0.25) is 9.52 Å². The minimum Gasteiger partial charge on any atom is -0.465 e. The molecule has 0 radical (unpaired) electrons. The minimum atomic E-state index is -4.05. The summed E-state index contributed by atoms with van der Waals surface area (Å²) in [5.41, 5.74) is 0.864. The van der Waals surface area contributed by atoms with Crippen LogP contribution < -0.4 is 10.0 Å². The third-order valence-electron chi connectivity index (χ3n) is 4.16. The lowest BCUT2D eigenvalue weighted by atomic mass is 10.1. The molecule has 31 heavy (non-hydrogen) atoms. The van der Waals surface area contributed by atoms with Gasteiger partial charge >= 0.3 is 5.97 Å². The smallest absolute Gasteiger partial charge is 0.337 e. The lowest BCUT2D eigenvalue weighted by Gasteiger charge is -2.12. The summed E-state index contributed by atoms with van der Waals surface area (Å²) in [5.74, 6) is -1.60. The Balaban J connectivity index is 1.79. The van der Waals surface area contributed by atoms with Crippen molar-refractivity contribution in [2.45, 2.75) is 4.90 Å². The van der Waals surface area contributed by atoms with Crippen LogP contribution in [-0.2, 0) is 14.8 Å². The van der Waals surface area contributed by atoms with Crippen molar-refractivity contribution in [3.63, 3.8) is 0 Å². The van der Waals surface area contributed by atoms with E-state index in [4.69, 9.17) is 11.6 Å². The molecule has 0 aliphatic carbocycles. The van der Waals surface area contributed by atoms with Crippen molar-refractivity contribution < 1.29 is 27.1 Å². The van der Waals surface area contributed by atoms with Gasteiger partial charge < -0.3 is 10.1 Å². The molecule has 0 bridgehead atoms. The summed E-state index contributed by atoms with van der Waals surface area (Å²) >= 11 is 6.08. The molecule has 3 aromatic carbocycles. The Morgan fingerprint density at radius 1 is 0.935 bits per heavy atom. The van der Waals surface area contributed by atoms with Crippen LogP contribution in [0.4, 0.5) is 15.8 Å². The zero-order valence-corrected chi connectivity index (χ0v) is 17.6. The number of esters is 1. The van der Waals surface area contributed by atoms with Gasteiger partial charge in [-0.15, -0.1) is 0 Å². The second kappa shape index (κ2) is 9.15. The average molecular weight is 463 g/mol. The highest BCUT2D eigenvalue weighted by Crippen LogP contribution is 2.26. The highest BCUT2D eigenvalue weighted by molar-refractivity contribution is 7.92. The fraction of sp³-hybridized carbons (Fsp3) is 0.0476. The maximum atomic E-state index is 13.1. The fourth-order valence-corrected chi connectivity index (χ4v) is 3.86. The van der Waals surface area contributed by atoms with Gasteiger partial charge in [-0.25, -0.2) is 17.6 Å². The SMILES string of the molecule is COC(=O)c1ccc(NC(=O)c2ccc(Cl)c(NS(=O)(=O)c3ccc(F)cc3)c2)cc1. The van der Waals surface area contributed by atoms with Gasteiger partial charge in [-0.2, -0.15) is 0 Å². The molecule has 1 amide bonds. The van der Waals surface area contributed by atoms with Gasteiger partial charge in [0, 0.05) is 11.3 Å². The summed E-state index contributed by atoms with van der Waals surface area (Å²) in [7, 11) is -2.78. The number of amides is 1. The van der Waals surface area contributed by atoms with Crippen LogP contribution >= 0.6 is 11.6 Å². The van der Waals surface area contributed by atoms with Crippen molar-refractivity contribution in [3.8, 4) is 0 Å². The molecule has 0 atom stereocenters. The van der Waals surface area contributed by atoms with Gasteiger partial charge in [0.25, 0.3) is 15.9 Å². The normalized spacial score (nSPS) is 10.9. The number of carbonyl (C=O) groups is 2. The maximum Gasteiger partial charge on any atom is 0.337 e. The molecule has 7 nitrogen and oxygen atoms in total. The van der Waals surface area contributed by atoms with Crippen molar-refractivity contribution >= 4 is 44.9 Å². The number of rotatable bonds is 6. The molecule has 0 heterocycles. The second-order valence-corrected chi connectivity index (χ2v) is 8.37. The first-order valence-corrected chi connectivity index (χ1v) is 10.6. The number of anilines is 2. The lowest BCUT2D eigenvalue weighted by molar-refractivity contribution is 0.0600. The molecule has 3 aromatic rings.